The molecule has 5 amide bonds. The van der Waals surface area contributed by atoms with E-state index in [0.29, 0.717) is 43.2 Å². The Bertz CT molecular complexity index is 2650. The van der Waals surface area contributed by atoms with Gasteiger partial charge in [0.25, 0.3) is 22.2 Å². The molecule has 92 heavy (non-hydrogen) atoms. The van der Waals surface area contributed by atoms with E-state index < -0.39 is 11.4 Å². The van der Waals surface area contributed by atoms with E-state index in [2.05, 4.69) is 29.5 Å². The molecule has 4 aromatic heterocycles. The van der Waals surface area contributed by atoms with Crippen LogP contribution in [0.1, 0.15) is 222 Å². The summed E-state index contributed by atoms with van der Waals surface area (Å²) in [5, 5.41) is 5.83. The second-order valence-electron chi connectivity index (χ2n) is 24.0. The highest BCUT2D eigenvalue weighted by Crippen LogP contribution is 2.14. The number of likely N-dealkylation sites (tertiary alicyclic amines) is 1. The number of piperazine rings is 1. The van der Waals surface area contributed by atoms with Gasteiger partial charge in [-0.15, -0.1) is 0 Å². The highest BCUT2D eigenvalue weighted by Gasteiger charge is 2.23. The summed E-state index contributed by atoms with van der Waals surface area (Å²) in [6.45, 7) is 42.3. The van der Waals surface area contributed by atoms with Crippen molar-refractivity contribution in [2.45, 2.75) is 257 Å². The van der Waals surface area contributed by atoms with E-state index in [1.807, 2.05) is 143 Å². The lowest BCUT2D eigenvalue weighted by atomic mass is 10.1. The summed E-state index contributed by atoms with van der Waals surface area (Å²) < 4.78 is 36.2. The van der Waals surface area contributed by atoms with E-state index >= 15 is 0 Å². The molecule has 0 radical (unpaired) electrons. The predicted octanol–water partition coefficient (Wildman–Crippen LogP) is 13.1. The molecule has 0 spiro atoms. The first-order valence-electron chi connectivity index (χ1n) is 29.3. The van der Waals surface area contributed by atoms with Crippen LogP contribution in [0.4, 0.5) is 13.6 Å². The van der Waals surface area contributed by atoms with Gasteiger partial charge in [0.15, 0.2) is 5.82 Å². The second-order valence-corrected chi connectivity index (χ2v) is 24.0. The number of halogens is 2. The number of amides is 5. The molecule has 4 aliphatic heterocycles. The molecule has 8 rings (SSSR count). The molecule has 0 aromatic carbocycles. The summed E-state index contributed by atoms with van der Waals surface area (Å²) in [6.07, 6.45) is 13.3. The first-order chi connectivity index (χ1) is 39.1. The number of piperidine rings is 1. The SMILES string of the molecule is C.C.C.C.C.C.C.C.CC(C)(C)n1ccccc1=O.CC(C)(C)n1ccncc1=O.CC(C)N1CCCCC1=O.CC(C)N1CCCNC1=O.CC(C)N1CCNCC1=O.CC(C)N1CCOCC1=O.CC(C)n1cc(F)ccc1=O.CC(C)n1cccc(F)c1=O. The molecule has 4 saturated heterocycles. The van der Waals surface area contributed by atoms with E-state index in [9.17, 15) is 47.1 Å². The zero-order valence-electron chi connectivity index (χ0n) is 53.6. The van der Waals surface area contributed by atoms with Gasteiger partial charge in [0.05, 0.1) is 19.3 Å². The molecule has 8 heterocycles. The molecule has 20 nitrogen and oxygen atoms in total. The number of rotatable bonds is 6. The number of morpholine rings is 1. The minimum absolute atomic E-state index is 0. The van der Waals surface area contributed by atoms with Crippen molar-refractivity contribution in [3.8, 4) is 0 Å². The number of urea groups is 1. The minimum atomic E-state index is -0.693. The normalized spacial score (nSPS) is 14.0. The largest absolute Gasteiger partial charge is 0.370 e. The lowest BCUT2D eigenvalue weighted by Crippen LogP contribution is -2.50. The molecular weight excluding hydrogens is 1180 g/mol. The van der Waals surface area contributed by atoms with Gasteiger partial charge in [0, 0.05) is 136 Å². The highest BCUT2D eigenvalue weighted by atomic mass is 19.1. The molecule has 0 saturated carbocycles. The average molecular weight is 1310 g/mol. The Morgan fingerprint density at radius 2 is 1.00 bits per heavy atom. The fourth-order valence-electron chi connectivity index (χ4n) is 8.41. The van der Waals surface area contributed by atoms with Gasteiger partial charge in [-0.05, 0) is 168 Å². The van der Waals surface area contributed by atoms with Gasteiger partial charge < -0.3 is 53.2 Å². The molecular formula is C70H133F2N11O9. The zero-order chi connectivity index (χ0) is 64.1. The number of hydrogen-bond donors (Lipinski definition) is 2. The van der Waals surface area contributed by atoms with Crippen molar-refractivity contribution in [1.29, 1.82) is 0 Å². The van der Waals surface area contributed by atoms with Gasteiger partial charge in [-0.2, -0.15) is 0 Å². The molecule has 536 valence electrons. The number of carbonyl (C=O) groups is 4. The molecule has 22 heteroatoms. The number of nitrogens with zero attached hydrogens (tertiary/aromatic N) is 9. The van der Waals surface area contributed by atoms with Crippen LogP contribution in [0.2, 0.25) is 0 Å². The fraction of sp³-hybridized carbons (Fsp3) is 0.671. The van der Waals surface area contributed by atoms with Crippen molar-refractivity contribution in [2.75, 3.05) is 59.0 Å². The molecule has 0 aliphatic carbocycles. The van der Waals surface area contributed by atoms with Crippen molar-refractivity contribution in [3.63, 3.8) is 0 Å². The lowest BCUT2D eigenvalue weighted by molar-refractivity contribution is -0.144. The van der Waals surface area contributed by atoms with Gasteiger partial charge in [0.1, 0.15) is 12.4 Å². The van der Waals surface area contributed by atoms with Crippen molar-refractivity contribution in [1.82, 2.24) is 53.5 Å². The van der Waals surface area contributed by atoms with Crippen LogP contribution < -0.4 is 32.9 Å². The number of aromatic nitrogens is 5. The van der Waals surface area contributed by atoms with Crippen molar-refractivity contribution < 1.29 is 32.7 Å². The van der Waals surface area contributed by atoms with E-state index in [0.717, 1.165) is 58.5 Å². The third kappa shape index (κ3) is 37.6. The van der Waals surface area contributed by atoms with E-state index in [4.69, 9.17) is 4.74 Å². The molecule has 0 bridgehead atoms. The number of ether oxygens (including phenoxy) is 1. The summed E-state index contributed by atoms with van der Waals surface area (Å²) in [7, 11) is 0. The molecule has 0 unspecified atom stereocenters. The first kappa shape index (κ1) is 101. The monoisotopic (exact) mass is 1310 g/mol. The van der Waals surface area contributed by atoms with Crippen molar-refractivity contribution >= 4 is 23.8 Å². The molecule has 0 atom stereocenters. The van der Waals surface area contributed by atoms with E-state index in [-0.39, 0.29) is 130 Å². The highest BCUT2D eigenvalue weighted by molar-refractivity contribution is 5.79. The number of nitrogens with one attached hydrogen (secondary N) is 2. The maximum atomic E-state index is 12.6. The zero-order valence-corrected chi connectivity index (χ0v) is 53.6. The summed E-state index contributed by atoms with van der Waals surface area (Å²) in [5.41, 5.74) is -0.984. The number of pyridine rings is 3. The Labute approximate surface area is 556 Å². The fourth-order valence-corrected chi connectivity index (χ4v) is 8.41. The molecule has 4 fully saturated rings. The van der Waals surface area contributed by atoms with Crippen LogP contribution in [-0.2, 0) is 30.2 Å². The maximum absolute atomic E-state index is 12.6. The smallest absolute Gasteiger partial charge is 0.317 e. The summed E-state index contributed by atoms with van der Waals surface area (Å²) >= 11 is 0. The summed E-state index contributed by atoms with van der Waals surface area (Å²) in [5.74, 6) is -0.400. The van der Waals surface area contributed by atoms with E-state index in [1.54, 1.807) is 39.9 Å². The predicted molar refractivity (Wildman–Crippen MR) is 383 cm³/mol. The average Bonchev–Trinajstić information content (AvgIpc) is 1.22. The van der Waals surface area contributed by atoms with Gasteiger partial charge >= 0.3 is 6.03 Å². The summed E-state index contributed by atoms with van der Waals surface area (Å²) in [6, 6.07) is 11.8. The van der Waals surface area contributed by atoms with Gasteiger partial charge in [-0.25, -0.2) is 13.6 Å². The van der Waals surface area contributed by atoms with Crippen LogP contribution in [0.15, 0.2) is 98.8 Å². The van der Waals surface area contributed by atoms with Crippen LogP contribution in [0, 0.1) is 11.6 Å². The lowest BCUT2D eigenvalue weighted by Gasteiger charge is -2.30. The topological polar surface area (TPSA) is 215 Å². The maximum Gasteiger partial charge on any atom is 0.317 e. The Morgan fingerprint density at radius 3 is 1.37 bits per heavy atom. The van der Waals surface area contributed by atoms with E-state index in [1.165, 1.54) is 52.2 Å². The molecule has 4 aliphatic rings. The third-order valence-corrected chi connectivity index (χ3v) is 13.0. The molecule has 4 aromatic rings. The van der Waals surface area contributed by atoms with Crippen LogP contribution in [0.3, 0.4) is 0 Å². The van der Waals surface area contributed by atoms with Crippen molar-refractivity contribution in [3.05, 3.63) is 133 Å². The van der Waals surface area contributed by atoms with Crippen LogP contribution in [0.5, 0.6) is 0 Å². The molecule has 2 N–H and O–H groups in total. The number of hydrogen-bond acceptors (Lipinski definition) is 11. The van der Waals surface area contributed by atoms with Gasteiger partial charge in [0.2, 0.25) is 17.7 Å². The first-order valence-corrected chi connectivity index (χ1v) is 29.3. The Hall–Kier alpha value is -6.81. The Kier molecular flexibility index (Phi) is 55.9. The van der Waals surface area contributed by atoms with Gasteiger partial charge in [-0.3, -0.25) is 38.5 Å². The summed E-state index contributed by atoms with van der Waals surface area (Å²) in [4.78, 5) is 100. The Morgan fingerprint density at radius 1 is 0.489 bits per heavy atom. The minimum Gasteiger partial charge on any atom is -0.370 e. The Balaban J connectivity index is -0.000000144. The second kappa shape index (κ2) is 50.7. The quantitative estimate of drug-likeness (QED) is 0.185. The van der Waals surface area contributed by atoms with Crippen LogP contribution in [0.25, 0.3) is 0 Å². The third-order valence-electron chi connectivity index (χ3n) is 13.0. The van der Waals surface area contributed by atoms with Crippen LogP contribution in [-0.4, -0.2) is 150 Å². The van der Waals surface area contributed by atoms with Crippen molar-refractivity contribution in [2.24, 2.45) is 0 Å². The van der Waals surface area contributed by atoms with Gasteiger partial charge in [-0.1, -0.05) is 65.5 Å². The van der Waals surface area contributed by atoms with Crippen LogP contribution >= 0.6 is 0 Å². The standard InChI is InChI=1S/C9H13NO.2C8H10FNO.C8H12N2O.C8H15NO.2C7H14N2O.C7H13NO2.8CH4/c1-9(2,3)10-7-5-4-6-8(10)11;1-6(2)10-5-7(9)3-4-8(10)11;1-6(2)10-5-3-4-7(9)8(10)11;1-8(2,3)10-5-4-9-6-7(10)11;1-7(2)9-6-4-3-5-8(9)10;1-6(2)9-4-3-8-5-7(9)10;1-6(2)9-5-3-4-8-7(9)10;1-6(2)8-3-4-10-5-7(8)9;;;;;;;;/h4-7H,1-3H3;2*3-6H,1-2H3;4-6H,1-3H3;7H,3-6H2,1-2H3;6,8H,3-5H2,1-2H3;6H,3-5H2,1-2H3,(H,8,10);6H,3-5H2,1-2H3;8*1H4. The number of carbonyl (C=O) groups excluding carboxylic acids is 4.